The van der Waals surface area contributed by atoms with Crippen LogP contribution in [0.2, 0.25) is 5.02 Å². The van der Waals surface area contributed by atoms with Gasteiger partial charge in [0.25, 0.3) is 0 Å². The smallest absolute Gasteiger partial charge is 0.244 e. The van der Waals surface area contributed by atoms with Crippen LogP contribution in [0, 0.1) is 0 Å². The van der Waals surface area contributed by atoms with Gasteiger partial charge in [-0.2, -0.15) is 4.31 Å². The number of sulfonamides is 1. The van der Waals surface area contributed by atoms with Gasteiger partial charge in [-0.1, -0.05) is 11.6 Å². The summed E-state index contributed by atoms with van der Waals surface area (Å²) in [5, 5.41) is 0.314. The Kier molecular flexibility index (Phi) is 5.36. The molecule has 2 N–H and O–H groups in total. The zero-order valence-electron chi connectivity index (χ0n) is 9.62. The molecule has 5 nitrogen and oxygen atoms in total. The summed E-state index contributed by atoms with van der Waals surface area (Å²) in [4.78, 5) is 3.93. The SMILES string of the molecule is Cl.NCC1CCCN1S(=O)(=O)c1cncc(Cl)c1. The molecule has 0 amide bonds. The predicted octanol–water partition coefficient (Wildman–Crippen LogP) is 1.27. The quantitative estimate of drug-likeness (QED) is 0.912. The number of nitrogens with two attached hydrogens (primary N) is 1. The highest BCUT2D eigenvalue weighted by atomic mass is 35.5. The van der Waals surface area contributed by atoms with Gasteiger partial charge in [0.1, 0.15) is 4.90 Å². The Labute approximate surface area is 118 Å². The first kappa shape index (κ1) is 15.7. The van der Waals surface area contributed by atoms with Crippen molar-refractivity contribution in [1.82, 2.24) is 9.29 Å². The number of hydrogen-bond donors (Lipinski definition) is 1. The van der Waals surface area contributed by atoms with E-state index >= 15 is 0 Å². The normalized spacial score (nSPS) is 20.7. The van der Waals surface area contributed by atoms with Crippen LogP contribution in [0.15, 0.2) is 23.4 Å². The summed E-state index contributed by atoms with van der Waals surface area (Å²) in [5.41, 5.74) is 5.58. The van der Waals surface area contributed by atoms with Crippen LogP contribution in [-0.4, -0.2) is 36.8 Å². The third-order valence-corrected chi connectivity index (χ3v) is 5.01. The van der Waals surface area contributed by atoms with E-state index in [-0.39, 0.29) is 23.3 Å². The second-order valence-corrected chi connectivity index (χ2v) is 6.31. The lowest BCUT2D eigenvalue weighted by atomic mass is 10.2. The molecule has 1 aliphatic rings. The molecule has 1 aliphatic heterocycles. The molecule has 2 heterocycles. The maximum Gasteiger partial charge on any atom is 0.244 e. The van der Waals surface area contributed by atoms with Gasteiger partial charge in [0.05, 0.1) is 5.02 Å². The van der Waals surface area contributed by atoms with Crippen molar-refractivity contribution >= 4 is 34.0 Å². The van der Waals surface area contributed by atoms with Crippen LogP contribution in [0.4, 0.5) is 0 Å². The van der Waals surface area contributed by atoms with Crippen LogP contribution in [-0.2, 0) is 10.0 Å². The van der Waals surface area contributed by atoms with Crippen molar-refractivity contribution in [3.63, 3.8) is 0 Å². The van der Waals surface area contributed by atoms with E-state index in [9.17, 15) is 8.42 Å². The van der Waals surface area contributed by atoms with Crippen LogP contribution in [0.1, 0.15) is 12.8 Å². The second-order valence-electron chi connectivity index (χ2n) is 3.99. The molecule has 1 aromatic heterocycles. The van der Waals surface area contributed by atoms with Crippen molar-refractivity contribution < 1.29 is 8.42 Å². The van der Waals surface area contributed by atoms with Gasteiger partial charge in [0, 0.05) is 31.5 Å². The first-order chi connectivity index (χ1) is 8.05. The highest BCUT2D eigenvalue weighted by Gasteiger charge is 2.34. The Bertz CT molecular complexity index is 510. The zero-order valence-corrected chi connectivity index (χ0v) is 12.0. The molecule has 0 radical (unpaired) electrons. The van der Waals surface area contributed by atoms with Crippen molar-refractivity contribution in [2.24, 2.45) is 5.73 Å². The highest BCUT2D eigenvalue weighted by molar-refractivity contribution is 7.89. The summed E-state index contributed by atoms with van der Waals surface area (Å²) >= 11 is 5.76. The van der Waals surface area contributed by atoms with E-state index < -0.39 is 10.0 Å². The first-order valence-electron chi connectivity index (χ1n) is 5.38. The lowest BCUT2D eigenvalue weighted by Gasteiger charge is -2.22. The topological polar surface area (TPSA) is 76.3 Å². The Balaban J connectivity index is 0.00000162. The number of halogens is 2. The van der Waals surface area contributed by atoms with Crippen molar-refractivity contribution in [3.05, 3.63) is 23.5 Å². The van der Waals surface area contributed by atoms with Gasteiger partial charge in [-0.3, -0.25) is 4.98 Å². The number of rotatable bonds is 3. The minimum absolute atomic E-state index is 0. The Morgan fingerprint density at radius 3 is 2.83 bits per heavy atom. The standard InChI is InChI=1S/C10H14ClN3O2S.ClH/c11-8-4-10(7-13-6-8)17(15,16)14-3-1-2-9(14)5-12;/h4,6-7,9H,1-3,5,12H2;1H. The van der Waals surface area contributed by atoms with Crippen LogP contribution < -0.4 is 5.73 Å². The Morgan fingerprint density at radius 2 is 2.22 bits per heavy atom. The molecule has 0 spiro atoms. The van der Waals surface area contributed by atoms with E-state index in [0.717, 1.165) is 12.8 Å². The van der Waals surface area contributed by atoms with Gasteiger partial charge in [0.15, 0.2) is 0 Å². The molecule has 0 aromatic carbocycles. The molecular weight excluding hydrogens is 297 g/mol. The monoisotopic (exact) mass is 311 g/mol. The molecule has 1 fully saturated rings. The lowest BCUT2D eigenvalue weighted by Crippen LogP contribution is -2.39. The molecule has 18 heavy (non-hydrogen) atoms. The van der Waals surface area contributed by atoms with Crippen molar-refractivity contribution in [2.45, 2.75) is 23.8 Å². The van der Waals surface area contributed by atoms with Crippen molar-refractivity contribution in [1.29, 1.82) is 0 Å². The molecular formula is C10H15Cl2N3O2S. The maximum absolute atomic E-state index is 12.3. The van der Waals surface area contributed by atoms with E-state index in [4.69, 9.17) is 17.3 Å². The van der Waals surface area contributed by atoms with Gasteiger partial charge in [-0.15, -0.1) is 12.4 Å². The maximum atomic E-state index is 12.3. The average Bonchev–Trinajstić information content (AvgIpc) is 2.77. The molecule has 0 aliphatic carbocycles. The average molecular weight is 312 g/mol. The third kappa shape index (κ3) is 2.95. The summed E-state index contributed by atoms with van der Waals surface area (Å²) in [6.45, 7) is 0.851. The van der Waals surface area contributed by atoms with E-state index in [2.05, 4.69) is 4.98 Å². The number of pyridine rings is 1. The Hall–Kier alpha value is -0.400. The number of hydrogen-bond acceptors (Lipinski definition) is 4. The summed E-state index contributed by atoms with van der Waals surface area (Å²) in [7, 11) is -3.52. The zero-order chi connectivity index (χ0) is 12.5. The largest absolute Gasteiger partial charge is 0.329 e. The molecule has 102 valence electrons. The fourth-order valence-corrected chi connectivity index (χ4v) is 3.96. The van der Waals surface area contributed by atoms with Crippen LogP contribution >= 0.6 is 24.0 Å². The van der Waals surface area contributed by atoms with Gasteiger partial charge >= 0.3 is 0 Å². The van der Waals surface area contributed by atoms with Crippen LogP contribution in [0.5, 0.6) is 0 Å². The Morgan fingerprint density at radius 1 is 1.50 bits per heavy atom. The predicted molar refractivity (Wildman–Crippen MR) is 72.5 cm³/mol. The van der Waals surface area contributed by atoms with Gasteiger partial charge in [-0.05, 0) is 18.9 Å². The molecule has 1 atom stereocenters. The molecule has 0 saturated carbocycles. The molecule has 8 heteroatoms. The third-order valence-electron chi connectivity index (χ3n) is 2.88. The van der Waals surface area contributed by atoms with Crippen LogP contribution in [0.25, 0.3) is 0 Å². The molecule has 2 rings (SSSR count). The minimum atomic E-state index is -3.52. The highest BCUT2D eigenvalue weighted by Crippen LogP contribution is 2.26. The first-order valence-corrected chi connectivity index (χ1v) is 7.20. The minimum Gasteiger partial charge on any atom is -0.329 e. The van der Waals surface area contributed by atoms with Gasteiger partial charge < -0.3 is 5.73 Å². The molecule has 1 unspecified atom stereocenters. The number of nitrogens with zero attached hydrogens (tertiary/aromatic N) is 2. The summed E-state index contributed by atoms with van der Waals surface area (Å²) in [6.07, 6.45) is 4.37. The van der Waals surface area contributed by atoms with E-state index in [1.807, 2.05) is 0 Å². The second kappa shape index (κ2) is 6.16. The van der Waals surface area contributed by atoms with Crippen LogP contribution in [0.3, 0.4) is 0 Å². The van der Waals surface area contributed by atoms with Crippen molar-refractivity contribution in [3.8, 4) is 0 Å². The molecule has 1 aromatic rings. The van der Waals surface area contributed by atoms with Gasteiger partial charge in [0.2, 0.25) is 10.0 Å². The molecule has 0 bridgehead atoms. The summed E-state index contributed by atoms with van der Waals surface area (Å²) in [6, 6.07) is 1.30. The van der Waals surface area contributed by atoms with E-state index in [1.54, 1.807) is 0 Å². The van der Waals surface area contributed by atoms with E-state index in [0.29, 0.717) is 18.1 Å². The number of aromatic nitrogens is 1. The van der Waals surface area contributed by atoms with Crippen molar-refractivity contribution in [2.75, 3.05) is 13.1 Å². The van der Waals surface area contributed by atoms with Gasteiger partial charge in [-0.25, -0.2) is 8.42 Å². The van der Waals surface area contributed by atoms with E-state index in [1.165, 1.54) is 22.8 Å². The fourth-order valence-electron chi connectivity index (χ4n) is 2.03. The summed E-state index contributed by atoms with van der Waals surface area (Å²) < 4.78 is 26.1. The summed E-state index contributed by atoms with van der Waals surface area (Å²) in [5.74, 6) is 0. The fraction of sp³-hybridized carbons (Fsp3) is 0.500. The molecule has 1 saturated heterocycles. The lowest BCUT2D eigenvalue weighted by molar-refractivity contribution is 0.393.